The van der Waals surface area contributed by atoms with E-state index < -0.39 is 0 Å². The van der Waals surface area contributed by atoms with Crippen LogP contribution < -0.4 is 0 Å². The molecule has 84 valence electrons. The number of hydrogen-bond acceptors (Lipinski definition) is 3. The van der Waals surface area contributed by atoms with Crippen LogP contribution in [-0.4, -0.2) is 18.2 Å². The summed E-state index contributed by atoms with van der Waals surface area (Å²) in [6.07, 6.45) is 1.13. The number of carbonyl (C=O) groups excluding carboxylic acids is 1. The summed E-state index contributed by atoms with van der Waals surface area (Å²) in [4.78, 5) is 11.2. The number of hydrogen-bond donors (Lipinski definition) is 1. The molecule has 1 aliphatic rings. The van der Waals surface area contributed by atoms with E-state index in [2.05, 4.69) is 11.3 Å². The van der Waals surface area contributed by atoms with Gasteiger partial charge in [0.2, 0.25) is 0 Å². The topological polar surface area (TPSA) is 46.5 Å². The number of carbonyl (C=O) groups is 1. The van der Waals surface area contributed by atoms with Crippen LogP contribution >= 0.6 is 0 Å². The number of ether oxygens (including phenoxy) is 1. The summed E-state index contributed by atoms with van der Waals surface area (Å²) < 4.78 is 4.67. The van der Waals surface area contributed by atoms with Crippen molar-refractivity contribution in [3.05, 3.63) is 35.9 Å². The standard InChI is InChI=1S/C13H14O3/c1-8-5-9(6-13(15)16-2)11-4-3-10(14)7-12(8)11/h3-4,7,9,14H,1,5-6H2,2H3. The number of fused-ring (bicyclic) bond motifs is 1. The van der Waals surface area contributed by atoms with E-state index in [9.17, 15) is 9.90 Å². The first-order valence-electron chi connectivity index (χ1n) is 5.19. The van der Waals surface area contributed by atoms with Gasteiger partial charge in [-0.25, -0.2) is 0 Å². The molecule has 1 aromatic rings. The van der Waals surface area contributed by atoms with Crippen molar-refractivity contribution in [1.82, 2.24) is 0 Å². The van der Waals surface area contributed by atoms with Crippen LogP contribution in [0.25, 0.3) is 5.57 Å². The highest BCUT2D eigenvalue weighted by molar-refractivity contribution is 5.77. The van der Waals surface area contributed by atoms with Gasteiger partial charge in [-0.15, -0.1) is 0 Å². The second kappa shape index (κ2) is 4.00. The van der Waals surface area contributed by atoms with Crippen LogP contribution in [0.1, 0.15) is 29.9 Å². The Morgan fingerprint density at radius 3 is 3.06 bits per heavy atom. The van der Waals surface area contributed by atoms with Crippen LogP contribution in [0.3, 0.4) is 0 Å². The van der Waals surface area contributed by atoms with Crippen molar-refractivity contribution in [2.24, 2.45) is 0 Å². The maximum atomic E-state index is 11.2. The molecule has 0 saturated heterocycles. The van der Waals surface area contributed by atoms with E-state index in [-0.39, 0.29) is 17.6 Å². The van der Waals surface area contributed by atoms with Gasteiger partial charge in [-0.1, -0.05) is 12.6 Å². The Morgan fingerprint density at radius 1 is 1.62 bits per heavy atom. The number of benzene rings is 1. The summed E-state index contributed by atoms with van der Waals surface area (Å²) in [5.74, 6) is 0.160. The molecule has 1 aliphatic carbocycles. The van der Waals surface area contributed by atoms with E-state index >= 15 is 0 Å². The zero-order valence-electron chi connectivity index (χ0n) is 9.19. The second-order valence-electron chi connectivity index (χ2n) is 4.06. The number of methoxy groups -OCH3 is 1. The third-order valence-corrected chi connectivity index (χ3v) is 2.99. The van der Waals surface area contributed by atoms with Crippen molar-refractivity contribution >= 4 is 11.5 Å². The first-order valence-corrected chi connectivity index (χ1v) is 5.19. The fraction of sp³-hybridized carbons (Fsp3) is 0.308. The molecule has 0 radical (unpaired) electrons. The molecular weight excluding hydrogens is 204 g/mol. The Morgan fingerprint density at radius 2 is 2.38 bits per heavy atom. The quantitative estimate of drug-likeness (QED) is 0.775. The molecule has 1 atom stereocenters. The monoisotopic (exact) mass is 218 g/mol. The lowest BCUT2D eigenvalue weighted by Gasteiger charge is -2.09. The van der Waals surface area contributed by atoms with Crippen LogP contribution in [0.2, 0.25) is 0 Å². The van der Waals surface area contributed by atoms with Gasteiger partial charge in [-0.2, -0.15) is 0 Å². The van der Waals surface area contributed by atoms with E-state index in [1.54, 1.807) is 12.1 Å². The molecule has 0 amide bonds. The predicted octanol–water partition coefficient (Wildman–Crippen LogP) is 2.46. The van der Waals surface area contributed by atoms with Crippen molar-refractivity contribution in [3.63, 3.8) is 0 Å². The Balaban J connectivity index is 2.29. The molecule has 0 spiro atoms. The predicted molar refractivity (Wildman–Crippen MR) is 61.1 cm³/mol. The van der Waals surface area contributed by atoms with Crippen LogP contribution in [0, 0.1) is 0 Å². The molecule has 0 heterocycles. The third-order valence-electron chi connectivity index (χ3n) is 2.99. The zero-order valence-corrected chi connectivity index (χ0v) is 9.19. The fourth-order valence-electron chi connectivity index (χ4n) is 2.19. The highest BCUT2D eigenvalue weighted by Crippen LogP contribution is 2.43. The minimum atomic E-state index is -0.210. The Hall–Kier alpha value is -1.77. The maximum Gasteiger partial charge on any atom is 0.306 e. The van der Waals surface area contributed by atoms with Crippen molar-refractivity contribution in [3.8, 4) is 5.75 Å². The van der Waals surface area contributed by atoms with Gasteiger partial charge >= 0.3 is 5.97 Å². The van der Waals surface area contributed by atoms with Gasteiger partial charge in [0.15, 0.2) is 0 Å². The number of phenols is 1. The Labute approximate surface area is 94.4 Å². The van der Waals surface area contributed by atoms with E-state index in [1.807, 2.05) is 6.07 Å². The molecule has 0 bridgehead atoms. The molecule has 3 nitrogen and oxygen atoms in total. The average molecular weight is 218 g/mol. The fourth-order valence-corrected chi connectivity index (χ4v) is 2.19. The normalized spacial score (nSPS) is 18.3. The maximum absolute atomic E-state index is 11.2. The van der Waals surface area contributed by atoms with Gasteiger partial charge in [0.1, 0.15) is 5.75 Å². The first-order chi connectivity index (χ1) is 7.61. The molecule has 0 aliphatic heterocycles. The van der Waals surface area contributed by atoms with E-state index in [1.165, 1.54) is 7.11 Å². The highest BCUT2D eigenvalue weighted by Gasteiger charge is 2.27. The van der Waals surface area contributed by atoms with E-state index in [4.69, 9.17) is 0 Å². The molecule has 2 rings (SSSR count). The molecule has 0 aromatic heterocycles. The first kappa shape index (κ1) is 10.7. The lowest BCUT2D eigenvalue weighted by Crippen LogP contribution is -2.06. The summed E-state index contributed by atoms with van der Waals surface area (Å²) in [5, 5.41) is 9.40. The second-order valence-corrected chi connectivity index (χ2v) is 4.06. The molecule has 1 unspecified atom stereocenters. The van der Waals surface area contributed by atoms with Gasteiger partial charge in [-0.3, -0.25) is 4.79 Å². The molecule has 3 heteroatoms. The minimum Gasteiger partial charge on any atom is -0.508 e. The Bertz CT molecular complexity index is 448. The van der Waals surface area contributed by atoms with Crippen molar-refractivity contribution in [2.75, 3.05) is 7.11 Å². The molecule has 16 heavy (non-hydrogen) atoms. The van der Waals surface area contributed by atoms with Crippen molar-refractivity contribution in [1.29, 1.82) is 0 Å². The average Bonchev–Trinajstić information content (AvgIpc) is 2.55. The largest absolute Gasteiger partial charge is 0.508 e. The highest BCUT2D eigenvalue weighted by atomic mass is 16.5. The van der Waals surface area contributed by atoms with Gasteiger partial charge in [-0.05, 0) is 41.2 Å². The molecule has 0 fully saturated rings. The number of rotatable bonds is 2. The van der Waals surface area contributed by atoms with Crippen LogP contribution in [0.4, 0.5) is 0 Å². The summed E-state index contributed by atoms with van der Waals surface area (Å²) in [6.45, 7) is 3.96. The van der Waals surface area contributed by atoms with Gasteiger partial charge < -0.3 is 9.84 Å². The number of aromatic hydroxyl groups is 1. The summed E-state index contributed by atoms with van der Waals surface area (Å²) in [6, 6.07) is 5.20. The number of esters is 1. The number of phenolic OH excluding ortho intramolecular Hbond substituents is 1. The smallest absolute Gasteiger partial charge is 0.306 e. The SMILES string of the molecule is C=C1CC(CC(=O)OC)c2ccc(O)cc21. The van der Waals surface area contributed by atoms with Gasteiger partial charge in [0.25, 0.3) is 0 Å². The summed E-state index contributed by atoms with van der Waals surface area (Å²) in [7, 11) is 1.39. The molecule has 1 aromatic carbocycles. The lowest BCUT2D eigenvalue weighted by atomic mass is 9.98. The van der Waals surface area contributed by atoms with E-state index in [0.29, 0.717) is 6.42 Å². The number of allylic oxidation sites excluding steroid dienone is 1. The lowest BCUT2D eigenvalue weighted by molar-refractivity contribution is -0.141. The van der Waals surface area contributed by atoms with Crippen LogP contribution in [-0.2, 0) is 9.53 Å². The summed E-state index contributed by atoms with van der Waals surface area (Å²) in [5.41, 5.74) is 3.02. The summed E-state index contributed by atoms with van der Waals surface area (Å²) >= 11 is 0. The molecule has 0 saturated carbocycles. The minimum absolute atomic E-state index is 0.135. The van der Waals surface area contributed by atoms with Crippen LogP contribution in [0.15, 0.2) is 24.8 Å². The third kappa shape index (κ3) is 1.81. The molecule has 1 N–H and O–H groups in total. The molecular formula is C13H14O3. The van der Waals surface area contributed by atoms with Crippen LogP contribution in [0.5, 0.6) is 5.75 Å². The Kier molecular flexibility index (Phi) is 2.69. The van der Waals surface area contributed by atoms with Gasteiger partial charge in [0.05, 0.1) is 13.5 Å². The van der Waals surface area contributed by atoms with E-state index in [0.717, 1.165) is 23.1 Å². The van der Waals surface area contributed by atoms with Crippen molar-refractivity contribution in [2.45, 2.75) is 18.8 Å². The zero-order chi connectivity index (χ0) is 11.7. The van der Waals surface area contributed by atoms with Crippen molar-refractivity contribution < 1.29 is 14.6 Å². The van der Waals surface area contributed by atoms with Gasteiger partial charge in [0, 0.05) is 0 Å².